The van der Waals surface area contributed by atoms with Gasteiger partial charge in [-0.3, -0.25) is 4.79 Å². The SMILES string of the molecule is O=C(F)C(F)(F)S(=O)(=O)F. The molecule has 0 aromatic heterocycles. The highest BCUT2D eigenvalue weighted by molar-refractivity contribution is 7.88. The van der Waals surface area contributed by atoms with Crippen molar-refractivity contribution in [1.29, 1.82) is 0 Å². The van der Waals surface area contributed by atoms with E-state index in [1.807, 2.05) is 0 Å². The van der Waals surface area contributed by atoms with Crippen LogP contribution in [-0.4, -0.2) is 19.7 Å². The van der Waals surface area contributed by atoms with Crippen molar-refractivity contribution >= 4 is 16.3 Å². The Bertz CT molecular complexity index is 241. The van der Waals surface area contributed by atoms with E-state index in [0.717, 1.165) is 0 Å². The van der Waals surface area contributed by atoms with Crippen LogP contribution in [0.2, 0.25) is 0 Å². The molecule has 0 fully saturated rings. The first-order valence-electron chi connectivity index (χ1n) is 1.71. The monoisotopic (exact) mass is 180 g/mol. The van der Waals surface area contributed by atoms with Crippen LogP contribution in [0.15, 0.2) is 0 Å². The maximum Gasteiger partial charge on any atom is 0.463 e. The predicted octanol–water partition coefficient (Wildman–Crippen LogP) is 0.375. The Hall–Kier alpha value is -0.660. The number of hydrogen-bond acceptors (Lipinski definition) is 3. The first kappa shape index (κ1) is 9.34. The number of carbonyl (C=O) groups is 1. The van der Waals surface area contributed by atoms with Gasteiger partial charge in [0.2, 0.25) is 0 Å². The number of carbonyl (C=O) groups excluding carboxylic acids is 1. The van der Waals surface area contributed by atoms with Crippen molar-refractivity contribution in [3.05, 3.63) is 0 Å². The average molecular weight is 180 g/mol. The fourth-order valence-electron chi connectivity index (χ4n) is 0.0958. The smallest absolute Gasteiger partial charge is 0.253 e. The molecule has 0 atom stereocenters. The van der Waals surface area contributed by atoms with Crippen molar-refractivity contribution in [3.63, 3.8) is 0 Å². The highest BCUT2D eigenvalue weighted by Gasteiger charge is 2.54. The van der Waals surface area contributed by atoms with Gasteiger partial charge in [0, 0.05) is 0 Å². The van der Waals surface area contributed by atoms with E-state index in [2.05, 4.69) is 0 Å². The van der Waals surface area contributed by atoms with E-state index in [-0.39, 0.29) is 0 Å². The zero-order chi connectivity index (χ0) is 8.58. The fraction of sp³-hybridized carbons (Fsp3) is 0.500. The molecule has 0 aliphatic rings. The largest absolute Gasteiger partial charge is 0.463 e. The van der Waals surface area contributed by atoms with E-state index in [4.69, 9.17) is 4.79 Å². The quantitative estimate of drug-likeness (QED) is 0.455. The molecule has 0 bridgehead atoms. The lowest BCUT2D eigenvalue weighted by molar-refractivity contribution is -0.145. The standard InChI is InChI=1S/C2F4O3S/c3-1(7)2(4,5)10(6,8)9. The van der Waals surface area contributed by atoms with Crippen LogP contribution < -0.4 is 0 Å². The van der Waals surface area contributed by atoms with Crippen molar-refractivity contribution in [2.24, 2.45) is 0 Å². The van der Waals surface area contributed by atoms with Crippen LogP contribution in [0.25, 0.3) is 0 Å². The van der Waals surface area contributed by atoms with E-state index in [1.54, 1.807) is 0 Å². The Morgan fingerprint density at radius 2 is 1.60 bits per heavy atom. The molecule has 0 amide bonds. The van der Waals surface area contributed by atoms with Crippen LogP contribution >= 0.6 is 0 Å². The summed E-state index contributed by atoms with van der Waals surface area (Å²) in [6.45, 7) is 0. The van der Waals surface area contributed by atoms with Gasteiger partial charge in [-0.2, -0.15) is 21.6 Å². The Morgan fingerprint density at radius 1 is 1.30 bits per heavy atom. The summed E-state index contributed by atoms with van der Waals surface area (Å²) in [6, 6.07) is -3.53. The summed E-state index contributed by atoms with van der Waals surface area (Å²) in [4.78, 5) is 9.08. The summed E-state index contributed by atoms with van der Waals surface area (Å²) >= 11 is 0. The van der Waals surface area contributed by atoms with Crippen molar-refractivity contribution in [3.8, 4) is 0 Å². The molecule has 0 saturated carbocycles. The van der Waals surface area contributed by atoms with Gasteiger partial charge in [0.25, 0.3) is 0 Å². The van der Waals surface area contributed by atoms with Gasteiger partial charge in [0.15, 0.2) is 0 Å². The minimum atomic E-state index is -6.46. The van der Waals surface area contributed by atoms with Gasteiger partial charge < -0.3 is 0 Å². The third-order valence-corrected chi connectivity index (χ3v) is 1.31. The lowest BCUT2D eigenvalue weighted by atomic mass is 10.8. The molecule has 0 aliphatic carbocycles. The maximum absolute atomic E-state index is 11.4. The van der Waals surface area contributed by atoms with Crippen molar-refractivity contribution in [2.45, 2.75) is 5.25 Å². The van der Waals surface area contributed by atoms with Gasteiger partial charge in [-0.25, -0.2) is 0 Å². The Balaban J connectivity index is 4.95. The second-order valence-corrected chi connectivity index (χ2v) is 2.62. The van der Waals surface area contributed by atoms with Crippen molar-refractivity contribution in [2.75, 3.05) is 0 Å². The molecule has 0 rings (SSSR count). The van der Waals surface area contributed by atoms with Gasteiger partial charge >= 0.3 is 21.5 Å². The molecule has 60 valence electrons. The Kier molecular flexibility index (Phi) is 2.04. The van der Waals surface area contributed by atoms with Gasteiger partial charge in [-0.05, 0) is 0 Å². The second-order valence-electron chi connectivity index (χ2n) is 1.23. The molecule has 0 aromatic rings. The molecular formula is C2F4O3S. The predicted molar refractivity (Wildman–Crippen MR) is 21.1 cm³/mol. The third-order valence-electron chi connectivity index (χ3n) is 0.535. The first-order valence-corrected chi connectivity index (χ1v) is 3.10. The van der Waals surface area contributed by atoms with Crippen LogP contribution in [0.1, 0.15) is 0 Å². The molecule has 0 aliphatic heterocycles. The Morgan fingerprint density at radius 3 is 1.60 bits per heavy atom. The van der Waals surface area contributed by atoms with E-state index in [1.165, 1.54) is 0 Å². The molecule has 0 N–H and O–H groups in total. The van der Waals surface area contributed by atoms with Crippen LogP contribution in [0.4, 0.5) is 17.1 Å². The molecule has 8 heteroatoms. The molecule has 0 saturated heterocycles. The summed E-state index contributed by atoms with van der Waals surface area (Å²) < 4.78 is 63.3. The number of halogens is 4. The summed E-state index contributed by atoms with van der Waals surface area (Å²) in [6.07, 6.45) is 0. The van der Waals surface area contributed by atoms with Gasteiger partial charge in [0.1, 0.15) is 0 Å². The van der Waals surface area contributed by atoms with E-state index < -0.39 is 21.5 Å². The summed E-state index contributed by atoms with van der Waals surface area (Å²) in [5.41, 5.74) is 0. The van der Waals surface area contributed by atoms with Gasteiger partial charge in [-0.1, -0.05) is 3.89 Å². The fourth-order valence-corrected chi connectivity index (χ4v) is 0.288. The van der Waals surface area contributed by atoms with E-state index >= 15 is 0 Å². The lowest BCUT2D eigenvalue weighted by Crippen LogP contribution is -2.32. The van der Waals surface area contributed by atoms with Crippen molar-refractivity contribution < 1.29 is 30.3 Å². The zero-order valence-electron chi connectivity index (χ0n) is 4.14. The highest BCUT2D eigenvalue weighted by Crippen LogP contribution is 2.24. The van der Waals surface area contributed by atoms with E-state index in [0.29, 0.717) is 0 Å². The highest BCUT2D eigenvalue weighted by atomic mass is 32.3. The number of rotatable bonds is 2. The van der Waals surface area contributed by atoms with Gasteiger partial charge in [0.05, 0.1) is 0 Å². The lowest BCUT2D eigenvalue weighted by Gasteiger charge is -2.01. The molecule has 0 spiro atoms. The second kappa shape index (κ2) is 2.19. The molecule has 0 heterocycles. The summed E-state index contributed by atoms with van der Waals surface area (Å²) in [5, 5.41) is -5.56. The Labute approximate surface area is 52.8 Å². The molecule has 3 nitrogen and oxygen atoms in total. The molecule has 0 aromatic carbocycles. The normalized spacial score (nSPS) is 13.2. The number of hydrogen-bond donors (Lipinski definition) is 0. The zero-order valence-corrected chi connectivity index (χ0v) is 4.96. The topological polar surface area (TPSA) is 51.2 Å². The molecule has 0 radical (unpaired) electrons. The molecule has 0 unspecified atom stereocenters. The summed E-state index contributed by atoms with van der Waals surface area (Å²) in [5.74, 6) is 0. The average Bonchev–Trinajstić information content (AvgIpc) is 1.62. The molecule has 10 heavy (non-hydrogen) atoms. The number of alkyl halides is 2. The van der Waals surface area contributed by atoms with Crippen molar-refractivity contribution in [1.82, 2.24) is 0 Å². The minimum Gasteiger partial charge on any atom is -0.253 e. The van der Waals surface area contributed by atoms with Gasteiger partial charge in [-0.15, -0.1) is 0 Å². The minimum absolute atomic E-state index is 3.53. The van der Waals surface area contributed by atoms with Crippen LogP contribution in [0.5, 0.6) is 0 Å². The van der Waals surface area contributed by atoms with Crippen LogP contribution in [0, 0.1) is 0 Å². The molecular weight excluding hydrogens is 180 g/mol. The van der Waals surface area contributed by atoms with E-state index in [9.17, 15) is 25.5 Å². The summed E-state index contributed by atoms with van der Waals surface area (Å²) in [7, 11) is -6.46. The van der Waals surface area contributed by atoms with Crippen LogP contribution in [-0.2, 0) is 15.0 Å². The third kappa shape index (κ3) is 1.43. The maximum atomic E-state index is 11.4. The van der Waals surface area contributed by atoms with Crippen LogP contribution in [0.3, 0.4) is 0 Å². The first-order chi connectivity index (χ1) is 4.19.